The summed E-state index contributed by atoms with van der Waals surface area (Å²) in [5, 5.41) is -0.419. The molecule has 0 heterocycles. The molecule has 0 saturated heterocycles. The molecule has 0 aromatic heterocycles. The number of rotatable bonds is 3. The first kappa shape index (κ1) is 11.7. The van der Waals surface area contributed by atoms with E-state index in [9.17, 15) is 4.79 Å². The van der Waals surface area contributed by atoms with Crippen molar-refractivity contribution >= 4 is 16.8 Å². The van der Waals surface area contributed by atoms with Crippen LogP contribution < -0.4 is 0 Å². The number of carbonyl (C=O) groups is 1. The topological polar surface area (TPSA) is 20.3 Å². The van der Waals surface area contributed by atoms with Crippen molar-refractivity contribution in [2.24, 2.45) is 0 Å². The first-order chi connectivity index (χ1) is 5.34. The van der Waals surface area contributed by atoms with Gasteiger partial charge in [-0.25, -0.2) is 0 Å². The van der Waals surface area contributed by atoms with Crippen molar-refractivity contribution < 1.29 is 4.79 Å². The van der Waals surface area contributed by atoms with Crippen molar-refractivity contribution in [3.8, 4) is 0 Å². The summed E-state index contributed by atoms with van der Waals surface area (Å²) < 4.78 is 0. The van der Waals surface area contributed by atoms with Crippen molar-refractivity contribution in [3.05, 3.63) is 12.2 Å². The SMILES string of the molecule is CN(C/C=C/C(=O)Cl)C(C)(C)C. The largest absolute Gasteiger partial charge is 0.298 e. The zero-order valence-electron chi connectivity index (χ0n) is 8.10. The van der Waals surface area contributed by atoms with Crippen LogP contribution in [0.15, 0.2) is 12.2 Å². The van der Waals surface area contributed by atoms with Crippen LogP contribution in [0.1, 0.15) is 20.8 Å². The molecule has 0 unspecified atom stereocenters. The van der Waals surface area contributed by atoms with Gasteiger partial charge < -0.3 is 0 Å². The summed E-state index contributed by atoms with van der Waals surface area (Å²) in [6.45, 7) is 7.08. The third-order valence-corrected chi connectivity index (χ3v) is 1.90. The molecule has 0 bridgehead atoms. The van der Waals surface area contributed by atoms with Gasteiger partial charge in [0.2, 0.25) is 5.24 Å². The van der Waals surface area contributed by atoms with Gasteiger partial charge in [-0.2, -0.15) is 0 Å². The summed E-state index contributed by atoms with van der Waals surface area (Å²) in [5.74, 6) is 0. The Morgan fingerprint density at radius 2 is 2.00 bits per heavy atom. The molecule has 0 aliphatic rings. The second-order valence-electron chi connectivity index (χ2n) is 3.76. The number of likely N-dealkylation sites (N-methyl/N-ethyl adjacent to an activating group) is 1. The number of hydrogen-bond acceptors (Lipinski definition) is 2. The van der Waals surface area contributed by atoms with E-state index < -0.39 is 5.24 Å². The molecule has 0 amide bonds. The van der Waals surface area contributed by atoms with E-state index in [1.165, 1.54) is 6.08 Å². The number of carbonyl (C=O) groups excluding carboxylic acids is 1. The molecule has 0 fully saturated rings. The van der Waals surface area contributed by atoms with Crippen LogP contribution >= 0.6 is 11.6 Å². The van der Waals surface area contributed by atoms with Gasteiger partial charge in [-0.3, -0.25) is 9.69 Å². The Kier molecular flexibility index (Phi) is 4.50. The van der Waals surface area contributed by atoms with Gasteiger partial charge in [0.1, 0.15) is 0 Å². The minimum absolute atomic E-state index is 0.125. The van der Waals surface area contributed by atoms with Crippen LogP contribution in [-0.4, -0.2) is 29.3 Å². The van der Waals surface area contributed by atoms with Gasteiger partial charge in [-0.05, 0) is 45.5 Å². The fourth-order valence-electron chi connectivity index (χ4n) is 0.577. The molecular formula is C9H16ClNO. The molecule has 0 aliphatic carbocycles. The second-order valence-corrected chi connectivity index (χ2v) is 4.13. The first-order valence-electron chi connectivity index (χ1n) is 3.91. The van der Waals surface area contributed by atoms with E-state index in [2.05, 4.69) is 25.7 Å². The maximum Gasteiger partial charge on any atom is 0.244 e. The number of halogens is 1. The predicted molar refractivity (Wildman–Crippen MR) is 52.4 cm³/mol. The lowest BCUT2D eigenvalue weighted by Crippen LogP contribution is -2.37. The van der Waals surface area contributed by atoms with E-state index in [-0.39, 0.29) is 5.54 Å². The Balaban J connectivity index is 3.87. The van der Waals surface area contributed by atoms with Crippen molar-refractivity contribution in [1.29, 1.82) is 0 Å². The van der Waals surface area contributed by atoms with Crippen LogP contribution in [0.5, 0.6) is 0 Å². The molecule has 0 spiro atoms. The predicted octanol–water partition coefficient (Wildman–Crippen LogP) is 2.04. The summed E-state index contributed by atoms with van der Waals surface area (Å²) in [4.78, 5) is 12.5. The molecule has 70 valence electrons. The molecule has 0 aliphatic heterocycles. The number of hydrogen-bond donors (Lipinski definition) is 0. The zero-order valence-corrected chi connectivity index (χ0v) is 8.85. The number of nitrogens with zero attached hydrogens (tertiary/aromatic N) is 1. The molecule has 0 radical (unpaired) electrons. The maximum absolute atomic E-state index is 10.3. The van der Waals surface area contributed by atoms with Crippen LogP contribution in [-0.2, 0) is 4.79 Å². The van der Waals surface area contributed by atoms with E-state index in [0.717, 1.165) is 6.54 Å². The van der Waals surface area contributed by atoms with E-state index in [4.69, 9.17) is 11.6 Å². The Bertz CT molecular complexity index is 181. The average Bonchev–Trinajstić information content (AvgIpc) is 1.84. The van der Waals surface area contributed by atoms with E-state index in [1.54, 1.807) is 6.08 Å². The molecule has 0 rings (SSSR count). The maximum atomic E-state index is 10.3. The standard InChI is InChI=1S/C9H16ClNO/c1-9(2,3)11(4)7-5-6-8(10)12/h5-6H,7H2,1-4H3/b6-5+. The minimum Gasteiger partial charge on any atom is -0.298 e. The third-order valence-electron chi connectivity index (χ3n) is 1.77. The van der Waals surface area contributed by atoms with E-state index >= 15 is 0 Å². The van der Waals surface area contributed by atoms with Gasteiger partial charge in [0.05, 0.1) is 0 Å². The van der Waals surface area contributed by atoms with Crippen LogP contribution in [0.2, 0.25) is 0 Å². The number of allylic oxidation sites excluding steroid dienone is 1. The first-order valence-corrected chi connectivity index (χ1v) is 4.29. The van der Waals surface area contributed by atoms with Gasteiger partial charge in [0.15, 0.2) is 0 Å². The summed E-state index contributed by atoms with van der Waals surface area (Å²) in [5.41, 5.74) is 0.125. The summed E-state index contributed by atoms with van der Waals surface area (Å²) in [7, 11) is 2.00. The Hall–Kier alpha value is -0.340. The molecule has 2 nitrogen and oxygen atoms in total. The quantitative estimate of drug-likeness (QED) is 0.500. The molecule has 0 aromatic carbocycles. The normalized spacial score (nSPS) is 12.8. The van der Waals surface area contributed by atoms with Gasteiger partial charge >= 0.3 is 0 Å². The van der Waals surface area contributed by atoms with Gasteiger partial charge in [0.25, 0.3) is 0 Å². The van der Waals surface area contributed by atoms with Crippen molar-refractivity contribution in [2.75, 3.05) is 13.6 Å². The molecular weight excluding hydrogens is 174 g/mol. The van der Waals surface area contributed by atoms with Crippen molar-refractivity contribution in [1.82, 2.24) is 4.90 Å². The second kappa shape index (κ2) is 4.63. The Labute approximate surface area is 79.2 Å². The highest BCUT2D eigenvalue weighted by Gasteiger charge is 2.14. The van der Waals surface area contributed by atoms with E-state index in [1.807, 2.05) is 7.05 Å². The Morgan fingerprint density at radius 1 is 1.50 bits per heavy atom. The third kappa shape index (κ3) is 5.33. The van der Waals surface area contributed by atoms with Gasteiger partial charge in [0, 0.05) is 12.1 Å². The summed E-state index contributed by atoms with van der Waals surface area (Å²) in [6, 6.07) is 0. The highest BCUT2D eigenvalue weighted by Crippen LogP contribution is 2.09. The molecule has 0 N–H and O–H groups in total. The van der Waals surface area contributed by atoms with Crippen LogP contribution in [0, 0.1) is 0 Å². The minimum atomic E-state index is -0.419. The molecule has 0 aromatic rings. The van der Waals surface area contributed by atoms with Crippen LogP contribution in [0.3, 0.4) is 0 Å². The van der Waals surface area contributed by atoms with Gasteiger partial charge in [-0.1, -0.05) is 6.08 Å². The summed E-state index contributed by atoms with van der Waals surface area (Å²) in [6.07, 6.45) is 3.14. The zero-order chi connectivity index (χ0) is 9.78. The van der Waals surface area contributed by atoms with Crippen molar-refractivity contribution in [3.63, 3.8) is 0 Å². The fraction of sp³-hybridized carbons (Fsp3) is 0.667. The highest BCUT2D eigenvalue weighted by atomic mass is 35.5. The van der Waals surface area contributed by atoms with E-state index in [0.29, 0.717) is 0 Å². The molecule has 0 saturated carbocycles. The fourth-order valence-corrected chi connectivity index (χ4v) is 0.666. The van der Waals surface area contributed by atoms with Crippen LogP contribution in [0.25, 0.3) is 0 Å². The summed E-state index contributed by atoms with van der Waals surface area (Å²) >= 11 is 5.13. The van der Waals surface area contributed by atoms with Crippen molar-refractivity contribution in [2.45, 2.75) is 26.3 Å². The van der Waals surface area contributed by atoms with Crippen LogP contribution in [0.4, 0.5) is 0 Å². The molecule has 3 heteroatoms. The Morgan fingerprint density at radius 3 is 2.33 bits per heavy atom. The van der Waals surface area contributed by atoms with Gasteiger partial charge in [-0.15, -0.1) is 0 Å². The lowest BCUT2D eigenvalue weighted by molar-refractivity contribution is -0.107. The average molecular weight is 190 g/mol. The monoisotopic (exact) mass is 189 g/mol. The smallest absolute Gasteiger partial charge is 0.244 e. The lowest BCUT2D eigenvalue weighted by atomic mass is 10.1. The lowest BCUT2D eigenvalue weighted by Gasteiger charge is -2.30. The molecule has 12 heavy (non-hydrogen) atoms. The molecule has 0 atom stereocenters. The highest BCUT2D eigenvalue weighted by molar-refractivity contribution is 6.66.